The highest BCUT2D eigenvalue weighted by Crippen LogP contribution is 2.27. The van der Waals surface area contributed by atoms with E-state index in [1.807, 2.05) is 24.3 Å². The van der Waals surface area contributed by atoms with Gasteiger partial charge in [0.1, 0.15) is 11.6 Å². The lowest BCUT2D eigenvalue weighted by Crippen LogP contribution is -2.17. The fourth-order valence-corrected chi connectivity index (χ4v) is 5.35. The quantitative estimate of drug-likeness (QED) is 0.212. The van der Waals surface area contributed by atoms with Crippen LogP contribution in [0.25, 0.3) is 11.4 Å². The summed E-state index contributed by atoms with van der Waals surface area (Å²) in [5, 5.41) is 11.4. The molecule has 1 amide bonds. The van der Waals surface area contributed by atoms with Crippen LogP contribution in [-0.2, 0) is 20.2 Å². The Morgan fingerprint density at radius 1 is 1.00 bits per heavy atom. The molecule has 0 saturated heterocycles. The van der Waals surface area contributed by atoms with Crippen LogP contribution >= 0.6 is 11.8 Å². The van der Waals surface area contributed by atoms with Crippen molar-refractivity contribution in [1.29, 1.82) is 0 Å². The summed E-state index contributed by atoms with van der Waals surface area (Å²) in [7, 11) is -3.86. The van der Waals surface area contributed by atoms with E-state index < -0.39 is 10.0 Å². The lowest BCUT2D eigenvalue weighted by atomic mass is 9.87. The van der Waals surface area contributed by atoms with Crippen LogP contribution in [0.15, 0.2) is 64.6 Å². The molecular weight excluding hydrogens is 536 g/mol. The number of hydrogen-bond acceptors (Lipinski definition) is 9. The third-order valence-electron chi connectivity index (χ3n) is 5.66. The Morgan fingerprint density at radius 3 is 2.28 bits per heavy atom. The van der Waals surface area contributed by atoms with Gasteiger partial charge in [-0.3, -0.25) is 9.52 Å². The number of thioether (sulfide) groups is 1. The number of carbonyl (C=O) groups excluding carboxylic acids is 1. The number of anilines is 2. The molecule has 39 heavy (non-hydrogen) atoms. The van der Waals surface area contributed by atoms with Crippen molar-refractivity contribution in [3.8, 4) is 11.4 Å². The number of benzene rings is 2. The van der Waals surface area contributed by atoms with E-state index >= 15 is 0 Å². The molecule has 4 aromatic rings. The monoisotopic (exact) mass is 566 g/mol. The molecule has 2 aromatic carbocycles. The van der Waals surface area contributed by atoms with Gasteiger partial charge in [-0.15, -0.1) is 10.2 Å². The SMILES string of the molecule is Cc1cc(NS(=O)(=O)c2ccc(NC(=O)CSc3nnc(-c4ccc(C(C)(C)C)cc4)n3N)cc2)nc(C)n1. The summed E-state index contributed by atoms with van der Waals surface area (Å²) in [6.07, 6.45) is 0. The largest absolute Gasteiger partial charge is 0.335 e. The van der Waals surface area contributed by atoms with Crippen LogP contribution in [0.4, 0.5) is 11.5 Å². The van der Waals surface area contributed by atoms with E-state index in [4.69, 9.17) is 5.84 Å². The summed E-state index contributed by atoms with van der Waals surface area (Å²) in [5.41, 5.74) is 3.14. The fraction of sp³-hybridized carbons (Fsp3) is 0.269. The molecule has 4 rings (SSSR count). The summed E-state index contributed by atoms with van der Waals surface area (Å²) in [6, 6.07) is 15.3. The zero-order valence-corrected chi connectivity index (χ0v) is 23.9. The van der Waals surface area contributed by atoms with Crippen LogP contribution in [-0.4, -0.2) is 44.9 Å². The first kappa shape index (κ1) is 28.0. The van der Waals surface area contributed by atoms with E-state index in [9.17, 15) is 13.2 Å². The third-order valence-corrected chi connectivity index (χ3v) is 7.97. The topological polar surface area (TPSA) is 158 Å². The molecule has 0 unspecified atom stereocenters. The first-order valence-corrected chi connectivity index (χ1v) is 14.5. The molecule has 0 aliphatic carbocycles. The Morgan fingerprint density at radius 2 is 1.67 bits per heavy atom. The molecule has 0 atom stereocenters. The molecule has 11 nitrogen and oxygen atoms in total. The van der Waals surface area contributed by atoms with Crippen molar-refractivity contribution in [3.63, 3.8) is 0 Å². The molecule has 0 radical (unpaired) electrons. The van der Waals surface area contributed by atoms with Crippen molar-refractivity contribution < 1.29 is 13.2 Å². The van der Waals surface area contributed by atoms with Crippen LogP contribution in [0.1, 0.15) is 37.9 Å². The number of nitrogens with zero attached hydrogens (tertiary/aromatic N) is 5. The highest BCUT2D eigenvalue weighted by Gasteiger charge is 2.18. The van der Waals surface area contributed by atoms with Crippen molar-refractivity contribution in [1.82, 2.24) is 24.8 Å². The molecule has 0 bridgehead atoms. The second-order valence-electron chi connectivity index (χ2n) is 9.91. The van der Waals surface area contributed by atoms with Gasteiger partial charge in [0.15, 0.2) is 5.82 Å². The zero-order chi connectivity index (χ0) is 28.4. The lowest BCUT2D eigenvalue weighted by Gasteiger charge is -2.19. The maximum Gasteiger partial charge on any atom is 0.263 e. The maximum atomic E-state index is 12.7. The van der Waals surface area contributed by atoms with E-state index in [0.29, 0.717) is 28.2 Å². The van der Waals surface area contributed by atoms with Crippen molar-refractivity contribution in [2.45, 2.75) is 50.1 Å². The first-order chi connectivity index (χ1) is 18.3. The second-order valence-corrected chi connectivity index (χ2v) is 12.5. The molecule has 0 aliphatic heterocycles. The van der Waals surface area contributed by atoms with Crippen LogP contribution < -0.4 is 15.9 Å². The number of nitrogen functional groups attached to an aromatic ring is 1. The first-order valence-electron chi connectivity index (χ1n) is 12.0. The molecule has 2 heterocycles. The fourth-order valence-electron chi connectivity index (χ4n) is 3.70. The van der Waals surface area contributed by atoms with Crippen molar-refractivity contribution >= 4 is 39.2 Å². The van der Waals surface area contributed by atoms with Gasteiger partial charge in [0, 0.05) is 23.0 Å². The number of carbonyl (C=O) groups is 1. The van der Waals surface area contributed by atoms with E-state index in [1.165, 1.54) is 34.5 Å². The van der Waals surface area contributed by atoms with Crippen molar-refractivity contribution in [2.75, 3.05) is 21.6 Å². The summed E-state index contributed by atoms with van der Waals surface area (Å²) < 4.78 is 29.3. The number of amides is 1. The number of hydrogen-bond donors (Lipinski definition) is 3. The van der Waals surface area contributed by atoms with Gasteiger partial charge in [-0.1, -0.05) is 56.8 Å². The lowest BCUT2D eigenvalue weighted by molar-refractivity contribution is -0.113. The van der Waals surface area contributed by atoms with Gasteiger partial charge < -0.3 is 11.2 Å². The zero-order valence-electron chi connectivity index (χ0n) is 22.3. The van der Waals surface area contributed by atoms with Gasteiger partial charge in [-0.2, -0.15) is 0 Å². The van der Waals surface area contributed by atoms with Crippen LogP contribution in [0.5, 0.6) is 0 Å². The molecule has 2 aromatic heterocycles. The highest BCUT2D eigenvalue weighted by molar-refractivity contribution is 7.99. The molecule has 4 N–H and O–H groups in total. The van der Waals surface area contributed by atoms with Crippen molar-refractivity contribution in [2.24, 2.45) is 0 Å². The minimum atomic E-state index is -3.86. The minimum absolute atomic E-state index is 0.0306. The highest BCUT2D eigenvalue weighted by atomic mass is 32.2. The van der Waals surface area contributed by atoms with E-state index in [0.717, 1.165) is 17.3 Å². The second kappa shape index (κ2) is 11.0. The van der Waals surface area contributed by atoms with Gasteiger partial charge in [-0.05, 0) is 49.1 Å². The van der Waals surface area contributed by atoms with Gasteiger partial charge in [0.2, 0.25) is 11.1 Å². The number of rotatable bonds is 8. The maximum absolute atomic E-state index is 12.7. The van der Waals surface area contributed by atoms with Gasteiger partial charge in [0.05, 0.1) is 10.6 Å². The number of aromatic nitrogens is 5. The smallest absolute Gasteiger partial charge is 0.263 e. The predicted octanol–water partition coefficient (Wildman–Crippen LogP) is 3.89. The normalized spacial score (nSPS) is 11.8. The van der Waals surface area contributed by atoms with Gasteiger partial charge in [-0.25, -0.2) is 23.1 Å². The third kappa shape index (κ3) is 6.92. The van der Waals surface area contributed by atoms with Crippen molar-refractivity contribution in [3.05, 3.63) is 71.7 Å². The molecular formula is C26H30N8O3S2. The van der Waals surface area contributed by atoms with Crippen LogP contribution in [0.2, 0.25) is 0 Å². The summed E-state index contributed by atoms with van der Waals surface area (Å²) in [4.78, 5) is 20.8. The number of nitrogens with two attached hydrogens (primary N) is 1. The number of sulfonamides is 1. The van der Waals surface area contributed by atoms with Gasteiger partial charge >= 0.3 is 0 Å². The Kier molecular flexibility index (Phi) is 7.93. The summed E-state index contributed by atoms with van der Waals surface area (Å²) in [6.45, 7) is 9.87. The van der Waals surface area contributed by atoms with E-state index in [1.54, 1.807) is 19.9 Å². The summed E-state index contributed by atoms with van der Waals surface area (Å²) >= 11 is 1.14. The molecule has 0 saturated carbocycles. The Bertz CT molecular complexity index is 1570. The van der Waals surface area contributed by atoms with Crippen LogP contribution in [0.3, 0.4) is 0 Å². The minimum Gasteiger partial charge on any atom is -0.335 e. The molecule has 0 spiro atoms. The standard InChI is InChI=1S/C26H30N8O3S2/c1-16-14-22(29-17(2)28-16)33-39(36,37)21-12-10-20(11-13-21)30-23(35)15-38-25-32-31-24(34(25)27)18-6-8-19(9-7-18)26(3,4)5/h6-14H,15,27H2,1-5H3,(H,30,35)(H,28,29,33). The molecule has 204 valence electrons. The van der Waals surface area contributed by atoms with Crippen LogP contribution in [0, 0.1) is 13.8 Å². The average molecular weight is 567 g/mol. The van der Waals surface area contributed by atoms with E-state index in [-0.39, 0.29) is 27.8 Å². The Hall–Kier alpha value is -3.97. The molecule has 0 aliphatic rings. The number of nitrogens with one attached hydrogen (secondary N) is 2. The Balaban J connectivity index is 1.35. The molecule has 13 heteroatoms. The number of aryl methyl sites for hydroxylation is 2. The molecule has 0 fully saturated rings. The Labute approximate surface area is 231 Å². The summed E-state index contributed by atoms with van der Waals surface area (Å²) in [5.74, 6) is 7.07. The average Bonchev–Trinajstić information content (AvgIpc) is 3.22. The predicted molar refractivity (Wildman–Crippen MR) is 152 cm³/mol. The van der Waals surface area contributed by atoms with Gasteiger partial charge in [0.25, 0.3) is 10.0 Å². The van der Waals surface area contributed by atoms with E-state index in [2.05, 4.69) is 51.0 Å².